The molecule has 33 heavy (non-hydrogen) atoms. The van der Waals surface area contributed by atoms with Crippen LogP contribution in [0.3, 0.4) is 0 Å². The second kappa shape index (κ2) is 10.8. The number of benzene rings is 1. The lowest BCUT2D eigenvalue weighted by molar-refractivity contribution is -0.186. The zero-order chi connectivity index (χ0) is 24.0. The van der Waals surface area contributed by atoms with Crippen molar-refractivity contribution >= 4 is 35.7 Å². The van der Waals surface area contributed by atoms with Crippen LogP contribution in [0.1, 0.15) is 44.6 Å². The number of rotatable bonds is 9. The number of carbonyl (C=O) groups excluding carboxylic acids is 6. The van der Waals surface area contributed by atoms with Gasteiger partial charge >= 0.3 is 0 Å². The molecule has 10 heteroatoms. The molecular weight excluding hydrogens is 428 g/mol. The van der Waals surface area contributed by atoms with E-state index in [1.807, 2.05) is 30.3 Å². The lowest BCUT2D eigenvalue weighted by Crippen LogP contribution is -2.69. The monoisotopic (exact) mass is 456 g/mol. The van der Waals surface area contributed by atoms with Gasteiger partial charge < -0.3 is 15.4 Å². The highest BCUT2D eigenvalue weighted by molar-refractivity contribution is 5.99. The summed E-state index contributed by atoms with van der Waals surface area (Å²) in [4.78, 5) is 73.7. The zero-order valence-corrected chi connectivity index (χ0v) is 18.5. The molecule has 1 aromatic carbocycles. The Labute approximate surface area is 191 Å². The normalized spacial score (nSPS) is 21.1. The van der Waals surface area contributed by atoms with E-state index < -0.39 is 29.9 Å². The zero-order valence-electron chi connectivity index (χ0n) is 18.5. The third-order valence-corrected chi connectivity index (χ3v) is 5.71. The van der Waals surface area contributed by atoms with Crippen molar-refractivity contribution in [2.45, 2.75) is 63.6 Å². The summed E-state index contributed by atoms with van der Waals surface area (Å²) in [5.74, 6) is -2.15. The van der Waals surface area contributed by atoms with Gasteiger partial charge in [-0.25, -0.2) is 5.01 Å². The van der Waals surface area contributed by atoms with E-state index in [9.17, 15) is 28.8 Å². The molecule has 0 aromatic heterocycles. The van der Waals surface area contributed by atoms with Gasteiger partial charge in [0.15, 0.2) is 0 Å². The second-order valence-corrected chi connectivity index (χ2v) is 8.32. The molecule has 0 aliphatic carbocycles. The molecule has 2 fully saturated rings. The van der Waals surface area contributed by atoms with Gasteiger partial charge in [-0.15, -0.1) is 0 Å². The minimum atomic E-state index is -1.07. The number of nitrogens with zero attached hydrogens (tertiary/aromatic N) is 2. The van der Waals surface area contributed by atoms with Crippen LogP contribution in [-0.4, -0.2) is 70.4 Å². The van der Waals surface area contributed by atoms with Gasteiger partial charge in [0.25, 0.3) is 5.91 Å². The molecule has 0 bridgehead atoms. The summed E-state index contributed by atoms with van der Waals surface area (Å²) >= 11 is 0. The van der Waals surface area contributed by atoms with Gasteiger partial charge in [-0.2, -0.15) is 0 Å². The van der Waals surface area contributed by atoms with E-state index in [0.717, 1.165) is 10.6 Å². The first-order valence-electron chi connectivity index (χ1n) is 11.0. The van der Waals surface area contributed by atoms with Crippen molar-refractivity contribution in [1.29, 1.82) is 0 Å². The summed E-state index contributed by atoms with van der Waals surface area (Å²) in [5.41, 5.74) is 0.980. The van der Waals surface area contributed by atoms with Gasteiger partial charge in [-0.1, -0.05) is 30.3 Å². The number of carbonyl (C=O) groups is 6. The number of hydrogen-bond donors (Lipinski definition) is 2. The van der Waals surface area contributed by atoms with Gasteiger partial charge in [-0.3, -0.25) is 29.0 Å². The lowest BCUT2D eigenvalue weighted by atomic mass is 10.00. The molecular formula is C23H28N4O6. The van der Waals surface area contributed by atoms with Crippen LogP contribution < -0.4 is 10.6 Å². The Bertz CT molecular complexity index is 934. The molecule has 0 spiro atoms. The fourth-order valence-electron chi connectivity index (χ4n) is 4.12. The van der Waals surface area contributed by atoms with Gasteiger partial charge in [0.1, 0.15) is 24.2 Å². The maximum absolute atomic E-state index is 13.2. The molecule has 176 valence electrons. The SMILES string of the molecule is CC(=O)C[C@@H](C=O)NC(=O)[C@@H]1CCCN2C(=O)C[C@H](NC(=O)CCc3ccccc3)C(=O)N12. The summed E-state index contributed by atoms with van der Waals surface area (Å²) < 4.78 is 0. The summed E-state index contributed by atoms with van der Waals surface area (Å²) in [6.45, 7) is 1.59. The Morgan fingerprint density at radius 2 is 1.91 bits per heavy atom. The van der Waals surface area contributed by atoms with Crippen LogP contribution in [0.2, 0.25) is 0 Å². The highest BCUT2D eigenvalue weighted by atomic mass is 16.2. The summed E-state index contributed by atoms with van der Waals surface area (Å²) in [7, 11) is 0. The molecule has 2 aliphatic heterocycles. The fourth-order valence-corrected chi connectivity index (χ4v) is 4.12. The second-order valence-electron chi connectivity index (χ2n) is 8.32. The third-order valence-electron chi connectivity index (χ3n) is 5.71. The Morgan fingerprint density at radius 1 is 1.18 bits per heavy atom. The van der Waals surface area contributed by atoms with Crippen molar-refractivity contribution in [3.05, 3.63) is 35.9 Å². The first kappa shape index (κ1) is 24.1. The molecule has 2 heterocycles. The number of fused-ring (bicyclic) bond motifs is 1. The largest absolute Gasteiger partial charge is 0.344 e. The van der Waals surface area contributed by atoms with Gasteiger partial charge in [0.2, 0.25) is 17.7 Å². The molecule has 0 radical (unpaired) electrons. The minimum absolute atomic E-state index is 0.154. The minimum Gasteiger partial charge on any atom is -0.344 e. The predicted octanol–water partition coefficient (Wildman–Crippen LogP) is -0.0949. The number of aryl methyl sites for hydroxylation is 1. The van der Waals surface area contributed by atoms with Crippen LogP contribution in [0.15, 0.2) is 30.3 Å². The number of ketones is 1. The van der Waals surface area contributed by atoms with Crippen molar-refractivity contribution in [2.24, 2.45) is 0 Å². The Hall–Kier alpha value is -3.56. The number of Topliss-reactive ketones (excluding diaryl/α,β-unsaturated/α-hetero) is 1. The van der Waals surface area contributed by atoms with Gasteiger partial charge in [0, 0.05) is 19.4 Å². The van der Waals surface area contributed by atoms with E-state index in [-0.39, 0.29) is 43.4 Å². The molecule has 1 aromatic rings. The van der Waals surface area contributed by atoms with E-state index in [2.05, 4.69) is 10.6 Å². The van der Waals surface area contributed by atoms with Crippen LogP contribution in [0.4, 0.5) is 0 Å². The molecule has 3 rings (SSSR count). The highest BCUT2D eigenvalue weighted by Gasteiger charge is 2.47. The topological polar surface area (TPSA) is 133 Å². The maximum atomic E-state index is 13.2. The number of hydrogen-bond acceptors (Lipinski definition) is 6. The number of nitrogens with one attached hydrogen (secondary N) is 2. The van der Waals surface area contributed by atoms with E-state index in [4.69, 9.17) is 0 Å². The molecule has 0 saturated carbocycles. The fraction of sp³-hybridized carbons (Fsp3) is 0.478. The van der Waals surface area contributed by atoms with Crippen molar-refractivity contribution in [1.82, 2.24) is 20.7 Å². The molecule has 0 unspecified atom stereocenters. The average Bonchev–Trinajstić information content (AvgIpc) is 2.80. The maximum Gasteiger partial charge on any atom is 0.265 e. The first-order valence-corrected chi connectivity index (χ1v) is 11.0. The van der Waals surface area contributed by atoms with Crippen LogP contribution in [0, 0.1) is 0 Å². The summed E-state index contributed by atoms with van der Waals surface area (Å²) in [5, 5.41) is 7.45. The van der Waals surface area contributed by atoms with E-state index in [0.29, 0.717) is 25.5 Å². The quantitative estimate of drug-likeness (QED) is 0.499. The average molecular weight is 456 g/mol. The van der Waals surface area contributed by atoms with Crippen molar-refractivity contribution in [3.63, 3.8) is 0 Å². The van der Waals surface area contributed by atoms with Crippen molar-refractivity contribution in [2.75, 3.05) is 6.54 Å². The lowest BCUT2D eigenvalue weighted by Gasteiger charge is -2.47. The predicted molar refractivity (Wildman–Crippen MR) is 116 cm³/mol. The van der Waals surface area contributed by atoms with Crippen LogP contribution >= 0.6 is 0 Å². The standard InChI is InChI=1S/C23H28N4O6/c1-15(29)12-17(14-28)24-22(32)19-8-5-11-26-21(31)13-18(23(33)27(19)26)25-20(30)10-9-16-6-3-2-4-7-16/h2-4,6-7,14,17-19H,5,8-13H2,1H3,(H,24,32)(H,25,30)/t17-,18-,19-/m0/s1. The van der Waals surface area contributed by atoms with E-state index >= 15 is 0 Å². The van der Waals surface area contributed by atoms with E-state index in [1.165, 1.54) is 11.9 Å². The summed E-state index contributed by atoms with van der Waals surface area (Å²) in [6, 6.07) is 6.35. The molecule has 10 nitrogen and oxygen atoms in total. The molecule has 3 atom stereocenters. The van der Waals surface area contributed by atoms with Crippen LogP contribution in [-0.2, 0) is 35.2 Å². The Balaban J connectivity index is 1.67. The van der Waals surface area contributed by atoms with Crippen LogP contribution in [0.25, 0.3) is 0 Å². The third kappa shape index (κ3) is 6.03. The van der Waals surface area contributed by atoms with Crippen LogP contribution in [0.5, 0.6) is 0 Å². The Morgan fingerprint density at radius 3 is 2.58 bits per heavy atom. The smallest absolute Gasteiger partial charge is 0.265 e. The molecule has 2 aliphatic rings. The number of hydrazine groups is 1. The van der Waals surface area contributed by atoms with Crippen molar-refractivity contribution in [3.8, 4) is 0 Å². The highest BCUT2D eigenvalue weighted by Crippen LogP contribution is 2.25. The number of amides is 4. The molecule has 2 N–H and O–H groups in total. The number of aldehydes is 1. The molecule has 4 amide bonds. The first-order chi connectivity index (χ1) is 15.8. The summed E-state index contributed by atoms with van der Waals surface area (Å²) in [6.07, 6.45) is 1.58. The molecule has 2 saturated heterocycles. The van der Waals surface area contributed by atoms with Crippen molar-refractivity contribution < 1.29 is 28.8 Å². The Kier molecular flexibility index (Phi) is 7.92. The van der Waals surface area contributed by atoms with Gasteiger partial charge in [-0.05, 0) is 31.7 Å². The van der Waals surface area contributed by atoms with Gasteiger partial charge in [0.05, 0.1) is 12.5 Å². The van der Waals surface area contributed by atoms with E-state index in [1.54, 1.807) is 0 Å².